The molecular weight excluding hydrogens is 793 g/mol. The van der Waals surface area contributed by atoms with Gasteiger partial charge in [-0.2, -0.15) is 0 Å². The molecule has 0 unspecified atom stereocenters. The van der Waals surface area contributed by atoms with Crippen molar-refractivity contribution in [3.63, 3.8) is 0 Å². The Morgan fingerprint density at radius 1 is 0.377 bits per heavy atom. The van der Waals surface area contributed by atoms with E-state index in [1.807, 2.05) is 12.1 Å². The number of hydrogen-bond acceptors (Lipinski definition) is 9. The molecule has 0 N–H and O–H groups in total. The summed E-state index contributed by atoms with van der Waals surface area (Å²) in [4.78, 5) is 9.67. The topological polar surface area (TPSA) is 68.3 Å². The number of unbranched alkanes of at least 4 members (excludes halogenated alkanes) is 14. The van der Waals surface area contributed by atoms with E-state index in [0.717, 1.165) is 67.8 Å². The third-order valence-corrected chi connectivity index (χ3v) is 19.8. The number of rotatable bonds is 24. The fraction of sp³-hybridized carbons (Fsp3) is 0.524. The Balaban J connectivity index is 1.54. The number of hydrogen-bond donors (Lipinski definition) is 0. The fourth-order valence-corrected chi connectivity index (χ4v) is 17.1. The van der Waals surface area contributed by atoms with Crippen LogP contribution in [0.3, 0.4) is 0 Å². The highest BCUT2D eigenvalue weighted by molar-refractivity contribution is 7.95. The molecule has 0 aliphatic heterocycles. The molecule has 290 valence electrons. The minimum atomic E-state index is -3.94. The van der Waals surface area contributed by atoms with Crippen LogP contribution in [0.15, 0.2) is 58.3 Å². The summed E-state index contributed by atoms with van der Waals surface area (Å²) in [5.74, 6) is -0.0874. The molecule has 0 amide bonds. The first kappa shape index (κ1) is 42.5. The van der Waals surface area contributed by atoms with Crippen LogP contribution in [0.25, 0.3) is 39.0 Å². The van der Waals surface area contributed by atoms with Crippen LogP contribution in [0.2, 0.25) is 0 Å². The van der Waals surface area contributed by atoms with Gasteiger partial charge in [-0.25, -0.2) is 16.8 Å². The van der Waals surface area contributed by atoms with Gasteiger partial charge in [-0.3, -0.25) is 0 Å². The Kier molecular flexibility index (Phi) is 16.5. The van der Waals surface area contributed by atoms with Gasteiger partial charge in [-0.1, -0.05) is 104 Å². The van der Waals surface area contributed by atoms with Crippen LogP contribution in [0, 0.1) is 13.8 Å². The molecule has 4 nitrogen and oxygen atoms in total. The maximum atomic E-state index is 14.7. The lowest BCUT2D eigenvalue weighted by molar-refractivity contribution is 0.566. The number of aryl methyl sites for hydroxylation is 2. The smallest absolute Gasteiger partial charge is 0.181 e. The highest BCUT2D eigenvalue weighted by Gasteiger charge is 2.37. The van der Waals surface area contributed by atoms with Gasteiger partial charge in [0.2, 0.25) is 0 Å². The first-order chi connectivity index (χ1) is 25.5. The molecule has 5 heterocycles. The summed E-state index contributed by atoms with van der Waals surface area (Å²) in [7, 11) is -7.87. The highest BCUT2D eigenvalue weighted by atomic mass is 32.2. The van der Waals surface area contributed by atoms with Crippen molar-refractivity contribution >= 4 is 76.4 Å². The Labute approximate surface area is 339 Å². The zero-order valence-corrected chi connectivity index (χ0v) is 37.6. The summed E-state index contributed by atoms with van der Waals surface area (Å²) >= 11 is 7.89. The average molecular weight is 849 g/mol. The number of thiophene rings is 5. The Morgan fingerprint density at radius 2 is 0.679 bits per heavy atom. The lowest BCUT2D eigenvalue weighted by atomic mass is 10.1. The van der Waals surface area contributed by atoms with Crippen molar-refractivity contribution in [2.45, 2.75) is 140 Å². The van der Waals surface area contributed by atoms with E-state index in [1.54, 1.807) is 45.3 Å². The first-order valence-electron chi connectivity index (χ1n) is 19.5. The Morgan fingerprint density at radius 3 is 1.02 bits per heavy atom. The molecule has 5 aromatic heterocycles. The quantitative estimate of drug-likeness (QED) is 0.0580. The van der Waals surface area contributed by atoms with Crippen LogP contribution in [0.1, 0.15) is 126 Å². The van der Waals surface area contributed by atoms with Gasteiger partial charge in [0.15, 0.2) is 19.7 Å². The van der Waals surface area contributed by atoms with E-state index >= 15 is 0 Å². The molecule has 5 rings (SSSR count). The van der Waals surface area contributed by atoms with Crippen molar-refractivity contribution in [3.05, 3.63) is 58.3 Å². The molecule has 0 atom stereocenters. The molecule has 0 spiro atoms. The van der Waals surface area contributed by atoms with Gasteiger partial charge in [0.1, 0.15) is 9.79 Å². The Bertz CT molecular complexity index is 1940. The molecule has 0 aromatic carbocycles. The predicted octanol–water partition coefficient (Wildman–Crippen LogP) is 15.1. The first-order valence-corrected chi connectivity index (χ1v) is 26.9. The standard InChI is InChI=1S/C42H56O4S7/c1-5-7-9-11-13-15-17-19-29-52(43,44)41-39(37-27-25-35(49-37)33-23-21-31(3)47-33)51-40(38-28-26-36(50-38)34-24-22-32(4)48-34)42(41)53(45,46)30-20-18-16-14-12-10-8-6-2/h21-28H,5-20,29-30H2,1-4H3. The van der Waals surface area contributed by atoms with Crippen molar-refractivity contribution in [2.75, 3.05) is 11.5 Å². The largest absolute Gasteiger partial charge is 0.224 e. The summed E-state index contributed by atoms with van der Waals surface area (Å²) < 4.78 is 58.7. The summed E-state index contributed by atoms with van der Waals surface area (Å²) in [5.41, 5.74) is 0. The third kappa shape index (κ3) is 11.7. The molecule has 0 bridgehead atoms. The van der Waals surface area contributed by atoms with E-state index in [1.165, 1.54) is 72.5 Å². The van der Waals surface area contributed by atoms with E-state index in [9.17, 15) is 16.8 Å². The summed E-state index contributed by atoms with van der Waals surface area (Å²) in [6.45, 7) is 8.59. The minimum absolute atomic E-state index is 0.0395. The second-order valence-corrected chi connectivity index (χ2v) is 24.0. The number of sulfone groups is 2. The molecule has 53 heavy (non-hydrogen) atoms. The molecule has 0 saturated heterocycles. The van der Waals surface area contributed by atoms with Gasteiger partial charge in [-0.15, -0.1) is 56.7 Å². The van der Waals surface area contributed by atoms with Crippen molar-refractivity contribution < 1.29 is 16.8 Å². The van der Waals surface area contributed by atoms with Gasteiger partial charge >= 0.3 is 0 Å². The summed E-state index contributed by atoms with van der Waals surface area (Å²) in [6.07, 6.45) is 16.6. The molecule has 11 heteroatoms. The highest BCUT2D eigenvalue weighted by Crippen LogP contribution is 2.52. The van der Waals surface area contributed by atoms with Crippen molar-refractivity contribution in [3.8, 4) is 39.0 Å². The molecule has 0 aliphatic rings. The Hall–Kier alpha value is -1.60. The van der Waals surface area contributed by atoms with E-state index in [2.05, 4.69) is 64.1 Å². The zero-order chi connectivity index (χ0) is 37.8. The summed E-state index contributed by atoms with van der Waals surface area (Å²) in [6, 6.07) is 16.5. The monoisotopic (exact) mass is 848 g/mol. The van der Waals surface area contributed by atoms with Gasteiger partial charge in [0.05, 0.1) is 21.3 Å². The molecule has 0 aliphatic carbocycles. The van der Waals surface area contributed by atoms with Crippen LogP contribution in [-0.2, 0) is 19.7 Å². The van der Waals surface area contributed by atoms with Crippen LogP contribution in [0.5, 0.6) is 0 Å². The van der Waals surface area contributed by atoms with Crippen molar-refractivity contribution in [2.24, 2.45) is 0 Å². The van der Waals surface area contributed by atoms with Gasteiger partial charge in [0.25, 0.3) is 0 Å². The van der Waals surface area contributed by atoms with E-state index in [-0.39, 0.29) is 21.3 Å². The molecule has 0 radical (unpaired) electrons. The lowest BCUT2D eigenvalue weighted by Gasteiger charge is -2.11. The van der Waals surface area contributed by atoms with E-state index in [0.29, 0.717) is 22.6 Å². The third-order valence-electron chi connectivity index (χ3n) is 9.60. The van der Waals surface area contributed by atoms with Gasteiger partial charge in [-0.05, 0) is 75.2 Å². The van der Waals surface area contributed by atoms with Crippen molar-refractivity contribution in [1.29, 1.82) is 0 Å². The normalized spacial score (nSPS) is 12.3. The van der Waals surface area contributed by atoms with Crippen LogP contribution in [-0.4, -0.2) is 28.3 Å². The molecular formula is C42H56O4S7. The van der Waals surface area contributed by atoms with Crippen molar-refractivity contribution in [1.82, 2.24) is 0 Å². The van der Waals surface area contributed by atoms with E-state index in [4.69, 9.17) is 0 Å². The summed E-state index contributed by atoms with van der Waals surface area (Å²) in [5, 5.41) is 0. The minimum Gasteiger partial charge on any atom is -0.224 e. The van der Waals surface area contributed by atoms with Crippen LogP contribution < -0.4 is 0 Å². The fourth-order valence-electron chi connectivity index (χ4n) is 6.66. The second kappa shape index (κ2) is 20.5. The lowest BCUT2D eigenvalue weighted by Crippen LogP contribution is -2.15. The maximum Gasteiger partial charge on any atom is 0.181 e. The molecule has 5 aromatic rings. The SMILES string of the molecule is CCCCCCCCCCS(=O)(=O)c1c(-c2ccc(-c3ccc(C)s3)s2)sc(-c2ccc(-c3ccc(C)s3)s2)c1S(=O)(=O)CCCCCCCCCC. The predicted molar refractivity (Wildman–Crippen MR) is 236 cm³/mol. The molecule has 0 saturated carbocycles. The molecule has 0 fully saturated rings. The maximum absolute atomic E-state index is 14.7. The van der Waals surface area contributed by atoms with Gasteiger partial charge in [0, 0.05) is 39.0 Å². The van der Waals surface area contributed by atoms with Crippen LogP contribution >= 0.6 is 56.7 Å². The van der Waals surface area contributed by atoms with Crippen LogP contribution in [0.4, 0.5) is 0 Å². The average Bonchev–Trinajstić information content (AvgIpc) is 3.96. The second-order valence-electron chi connectivity index (χ2n) is 14.2. The van der Waals surface area contributed by atoms with Gasteiger partial charge < -0.3 is 0 Å². The van der Waals surface area contributed by atoms with E-state index < -0.39 is 19.7 Å². The zero-order valence-electron chi connectivity index (χ0n) is 31.8.